The van der Waals surface area contributed by atoms with Gasteiger partial charge in [0.1, 0.15) is 0 Å². The smallest absolute Gasteiger partial charge is 0.308 e. The number of nitrogens with one attached hydrogen (secondary N) is 2. The molecule has 1 aromatic rings. The molecule has 0 atom stereocenters. The third-order valence-corrected chi connectivity index (χ3v) is 1.54. The summed E-state index contributed by atoms with van der Waals surface area (Å²) in [5.41, 5.74) is 0.573. The molecule has 1 aromatic carbocycles. The predicted molar refractivity (Wildman–Crippen MR) is 49.7 cm³/mol. The summed E-state index contributed by atoms with van der Waals surface area (Å²) >= 11 is 5.62. The molecule has 1 rings (SSSR count). The first-order chi connectivity index (χ1) is 6.22. The second kappa shape index (κ2) is 4.47. The number of carbonyl (C=O) groups is 2. The number of urea groups is 1. The van der Waals surface area contributed by atoms with E-state index in [4.69, 9.17) is 11.6 Å². The van der Waals surface area contributed by atoms with E-state index >= 15 is 0 Å². The van der Waals surface area contributed by atoms with E-state index in [1.54, 1.807) is 24.3 Å². The van der Waals surface area contributed by atoms with Gasteiger partial charge in [0.05, 0.1) is 0 Å². The number of imide groups is 1. The summed E-state index contributed by atoms with van der Waals surface area (Å²) < 4.78 is 0. The van der Waals surface area contributed by atoms with Gasteiger partial charge in [-0.15, -0.1) is 0 Å². The minimum atomic E-state index is -0.572. The topological polar surface area (TPSA) is 58.2 Å². The van der Waals surface area contributed by atoms with E-state index in [0.717, 1.165) is 0 Å². The third-order valence-electron chi connectivity index (χ3n) is 1.29. The van der Waals surface area contributed by atoms with Crippen LogP contribution in [0.25, 0.3) is 0 Å². The Morgan fingerprint density at radius 2 is 1.92 bits per heavy atom. The van der Waals surface area contributed by atoms with Gasteiger partial charge in [-0.25, -0.2) is 4.79 Å². The highest BCUT2D eigenvalue weighted by atomic mass is 35.5. The molecule has 0 saturated heterocycles. The minimum Gasteiger partial charge on any atom is -0.308 e. The molecule has 0 aliphatic heterocycles. The summed E-state index contributed by atoms with van der Waals surface area (Å²) in [6, 6.07) is 5.97. The van der Waals surface area contributed by atoms with Gasteiger partial charge in [-0.2, -0.15) is 0 Å². The maximum absolute atomic E-state index is 10.8. The first-order valence-corrected chi connectivity index (χ1v) is 3.87. The lowest BCUT2D eigenvalue weighted by Crippen LogP contribution is -2.26. The number of carbonyl (C=O) groups excluding carboxylic acids is 2. The van der Waals surface area contributed by atoms with Crippen LogP contribution in [-0.4, -0.2) is 12.4 Å². The van der Waals surface area contributed by atoms with Crippen LogP contribution in [0.15, 0.2) is 24.3 Å². The Hall–Kier alpha value is -1.55. The summed E-state index contributed by atoms with van der Waals surface area (Å²) in [7, 11) is 0. The average molecular weight is 199 g/mol. The Morgan fingerprint density at radius 3 is 2.46 bits per heavy atom. The van der Waals surface area contributed by atoms with Gasteiger partial charge in [-0.05, 0) is 24.3 Å². The Bertz CT molecular complexity index is 310. The van der Waals surface area contributed by atoms with Gasteiger partial charge in [0.2, 0.25) is 6.41 Å². The van der Waals surface area contributed by atoms with Crippen LogP contribution in [0.2, 0.25) is 5.02 Å². The van der Waals surface area contributed by atoms with Crippen LogP contribution in [0.1, 0.15) is 0 Å². The third kappa shape index (κ3) is 3.13. The lowest BCUT2D eigenvalue weighted by atomic mass is 10.3. The summed E-state index contributed by atoms with van der Waals surface area (Å²) in [6.07, 6.45) is 0.311. The number of amides is 3. The summed E-state index contributed by atoms with van der Waals surface area (Å²) in [5, 5.41) is 4.96. The first-order valence-electron chi connectivity index (χ1n) is 3.49. The van der Waals surface area contributed by atoms with E-state index in [0.29, 0.717) is 17.1 Å². The highest BCUT2D eigenvalue weighted by Gasteiger charge is 1.98. The van der Waals surface area contributed by atoms with Crippen LogP contribution < -0.4 is 10.6 Å². The Morgan fingerprint density at radius 1 is 1.31 bits per heavy atom. The van der Waals surface area contributed by atoms with Gasteiger partial charge in [-0.3, -0.25) is 10.1 Å². The molecule has 0 aliphatic carbocycles. The number of halogens is 1. The highest BCUT2D eigenvalue weighted by Crippen LogP contribution is 2.12. The Kier molecular flexibility index (Phi) is 3.28. The summed E-state index contributed by atoms with van der Waals surface area (Å²) in [5.74, 6) is 0. The van der Waals surface area contributed by atoms with Crippen molar-refractivity contribution in [1.82, 2.24) is 5.32 Å². The van der Waals surface area contributed by atoms with E-state index in [2.05, 4.69) is 5.32 Å². The maximum Gasteiger partial charge on any atom is 0.325 e. The van der Waals surface area contributed by atoms with E-state index in [1.807, 2.05) is 5.32 Å². The zero-order valence-corrected chi connectivity index (χ0v) is 7.34. The molecular formula is C8H7ClN2O2. The van der Waals surface area contributed by atoms with Crippen molar-refractivity contribution in [2.75, 3.05) is 5.32 Å². The van der Waals surface area contributed by atoms with Crippen molar-refractivity contribution in [3.63, 3.8) is 0 Å². The standard InChI is InChI=1S/C8H7ClN2O2/c9-6-1-3-7(4-2-6)11-8(13)10-5-12/h1-5H,(H2,10,11,12,13). The number of anilines is 1. The molecule has 13 heavy (non-hydrogen) atoms. The van der Waals surface area contributed by atoms with Gasteiger partial charge in [-0.1, -0.05) is 11.6 Å². The number of benzene rings is 1. The van der Waals surface area contributed by atoms with E-state index < -0.39 is 6.03 Å². The molecular weight excluding hydrogens is 192 g/mol. The van der Waals surface area contributed by atoms with Gasteiger partial charge < -0.3 is 5.32 Å². The molecule has 3 amide bonds. The van der Waals surface area contributed by atoms with Gasteiger partial charge in [0.15, 0.2) is 0 Å². The average Bonchev–Trinajstić information content (AvgIpc) is 2.09. The van der Waals surface area contributed by atoms with E-state index in [-0.39, 0.29) is 0 Å². The number of hydrogen-bond acceptors (Lipinski definition) is 2. The molecule has 0 radical (unpaired) electrons. The van der Waals surface area contributed by atoms with Crippen molar-refractivity contribution in [1.29, 1.82) is 0 Å². The summed E-state index contributed by atoms with van der Waals surface area (Å²) in [4.78, 5) is 20.7. The Labute approximate surface area is 79.9 Å². The Balaban J connectivity index is 2.59. The molecule has 0 unspecified atom stereocenters. The summed E-state index contributed by atoms with van der Waals surface area (Å²) in [6.45, 7) is 0. The van der Waals surface area contributed by atoms with Crippen molar-refractivity contribution in [3.8, 4) is 0 Å². The lowest BCUT2D eigenvalue weighted by molar-refractivity contribution is -0.108. The van der Waals surface area contributed by atoms with Gasteiger partial charge in [0.25, 0.3) is 0 Å². The molecule has 0 saturated carbocycles. The molecule has 5 heteroatoms. The van der Waals surface area contributed by atoms with Crippen LogP contribution >= 0.6 is 11.6 Å². The molecule has 0 aliphatic rings. The van der Waals surface area contributed by atoms with E-state index in [9.17, 15) is 9.59 Å². The molecule has 68 valence electrons. The first kappa shape index (κ1) is 9.54. The van der Waals surface area contributed by atoms with Crippen LogP contribution in [0.5, 0.6) is 0 Å². The predicted octanol–water partition coefficient (Wildman–Crippen LogP) is 1.62. The quantitative estimate of drug-likeness (QED) is 0.710. The fraction of sp³-hybridized carbons (Fsp3) is 0. The van der Waals surface area contributed by atoms with Crippen LogP contribution in [0.4, 0.5) is 10.5 Å². The molecule has 0 spiro atoms. The monoisotopic (exact) mass is 198 g/mol. The fourth-order valence-corrected chi connectivity index (χ4v) is 0.880. The van der Waals surface area contributed by atoms with Gasteiger partial charge >= 0.3 is 6.03 Å². The molecule has 4 nitrogen and oxygen atoms in total. The zero-order chi connectivity index (χ0) is 9.68. The van der Waals surface area contributed by atoms with Crippen molar-refractivity contribution in [2.45, 2.75) is 0 Å². The van der Waals surface area contributed by atoms with Crippen molar-refractivity contribution < 1.29 is 9.59 Å². The van der Waals surface area contributed by atoms with Crippen LogP contribution in [0, 0.1) is 0 Å². The maximum atomic E-state index is 10.8. The lowest BCUT2D eigenvalue weighted by Gasteiger charge is -2.02. The largest absolute Gasteiger partial charge is 0.325 e. The molecule has 0 fully saturated rings. The number of rotatable bonds is 2. The van der Waals surface area contributed by atoms with Crippen molar-refractivity contribution >= 4 is 29.7 Å². The molecule has 0 aromatic heterocycles. The van der Waals surface area contributed by atoms with Crippen LogP contribution in [-0.2, 0) is 4.79 Å². The normalized spacial score (nSPS) is 9.00. The fourth-order valence-electron chi connectivity index (χ4n) is 0.754. The molecule has 0 bridgehead atoms. The van der Waals surface area contributed by atoms with E-state index in [1.165, 1.54) is 0 Å². The molecule has 0 heterocycles. The van der Waals surface area contributed by atoms with Crippen LogP contribution in [0.3, 0.4) is 0 Å². The highest BCUT2D eigenvalue weighted by molar-refractivity contribution is 6.30. The van der Waals surface area contributed by atoms with Gasteiger partial charge in [0, 0.05) is 10.7 Å². The van der Waals surface area contributed by atoms with Crippen molar-refractivity contribution in [2.24, 2.45) is 0 Å². The minimum absolute atomic E-state index is 0.311. The molecule has 2 N–H and O–H groups in total. The number of hydrogen-bond donors (Lipinski definition) is 2. The van der Waals surface area contributed by atoms with Crippen molar-refractivity contribution in [3.05, 3.63) is 29.3 Å². The SMILES string of the molecule is O=CNC(=O)Nc1ccc(Cl)cc1. The zero-order valence-electron chi connectivity index (χ0n) is 6.58. The second-order valence-corrected chi connectivity index (χ2v) is 2.66. The second-order valence-electron chi connectivity index (χ2n) is 2.22.